The van der Waals surface area contributed by atoms with Gasteiger partial charge in [0.05, 0.1) is 18.5 Å². The van der Waals surface area contributed by atoms with Gasteiger partial charge in [0.2, 0.25) is 0 Å². The molecule has 2 heterocycles. The van der Waals surface area contributed by atoms with E-state index in [4.69, 9.17) is 4.74 Å². The molecule has 0 saturated heterocycles. The van der Waals surface area contributed by atoms with Crippen molar-refractivity contribution in [3.8, 4) is 17.0 Å². The van der Waals surface area contributed by atoms with Crippen molar-refractivity contribution >= 4 is 5.82 Å². The standard InChI is InChI=1S/C14H18N4O/c1-3-5-16-14-7-13(17-10-18-14)11-6-12(19-4-2)9-15-8-11/h6-10H,3-5H2,1-2H3,(H,16,17,18). The largest absolute Gasteiger partial charge is 0.492 e. The summed E-state index contributed by atoms with van der Waals surface area (Å²) in [7, 11) is 0. The predicted octanol–water partition coefficient (Wildman–Crippen LogP) is 2.76. The van der Waals surface area contributed by atoms with E-state index in [1.54, 1.807) is 18.7 Å². The van der Waals surface area contributed by atoms with Gasteiger partial charge in [-0.15, -0.1) is 0 Å². The first-order chi connectivity index (χ1) is 9.33. The lowest BCUT2D eigenvalue weighted by Gasteiger charge is -2.07. The molecule has 0 spiro atoms. The summed E-state index contributed by atoms with van der Waals surface area (Å²) in [4.78, 5) is 12.6. The third kappa shape index (κ3) is 3.64. The Morgan fingerprint density at radius 2 is 2.05 bits per heavy atom. The summed E-state index contributed by atoms with van der Waals surface area (Å²) < 4.78 is 5.44. The van der Waals surface area contributed by atoms with E-state index in [1.807, 2.05) is 19.1 Å². The summed E-state index contributed by atoms with van der Waals surface area (Å²) in [5.41, 5.74) is 1.76. The summed E-state index contributed by atoms with van der Waals surface area (Å²) in [6.07, 6.45) is 6.08. The monoisotopic (exact) mass is 258 g/mol. The molecule has 2 aromatic heterocycles. The predicted molar refractivity (Wildman–Crippen MR) is 75.2 cm³/mol. The highest BCUT2D eigenvalue weighted by Gasteiger charge is 2.04. The molecule has 0 atom stereocenters. The molecule has 0 fully saturated rings. The zero-order chi connectivity index (χ0) is 13.5. The molecule has 0 saturated carbocycles. The van der Waals surface area contributed by atoms with E-state index >= 15 is 0 Å². The molecule has 1 N–H and O–H groups in total. The van der Waals surface area contributed by atoms with Gasteiger partial charge >= 0.3 is 0 Å². The summed E-state index contributed by atoms with van der Waals surface area (Å²) >= 11 is 0. The summed E-state index contributed by atoms with van der Waals surface area (Å²) in [6, 6.07) is 3.85. The number of nitrogens with zero attached hydrogens (tertiary/aromatic N) is 3. The molecule has 5 heteroatoms. The summed E-state index contributed by atoms with van der Waals surface area (Å²) in [5, 5.41) is 3.24. The zero-order valence-electron chi connectivity index (χ0n) is 11.3. The molecule has 0 aliphatic carbocycles. The van der Waals surface area contributed by atoms with Crippen LogP contribution in [0.4, 0.5) is 5.82 Å². The molecule has 5 nitrogen and oxygen atoms in total. The number of aromatic nitrogens is 3. The Labute approximate surface area is 113 Å². The van der Waals surface area contributed by atoms with Crippen molar-refractivity contribution in [3.05, 3.63) is 30.9 Å². The number of pyridine rings is 1. The van der Waals surface area contributed by atoms with E-state index in [1.165, 1.54) is 0 Å². The molecular weight excluding hydrogens is 240 g/mol. The van der Waals surface area contributed by atoms with Crippen LogP contribution in [-0.2, 0) is 0 Å². The molecular formula is C14H18N4O. The van der Waals surface area contributed by atoms with Gasteiger partial charge in [-0.05, 0) is 19.4 Å². The quantitative estimate of drug-likeness (QED) is 0.863. The van der Waals surface area contributed by atoms with Gasteiger partial charge in [-0.1, -0.05) is 6.92 Å². The molecule has 0 aromatic carbocycles. The van der Waals surface area contributed by atoms with Gasteiger partial charge in [0.1, 0.15) is 17.9 Å². The fraction of sp³-hybridized carbons (Fsp3) is 0.357. The molecule has 0 bridgehead atoms. The SMILES string of the molecule is CCCNc1cc(-c2cncc(OCC)c2)ncn1. The van der Waals surface area contributed by atoms with Crippen LogP contribution in [0.2, 0.25) is 0 Å². The number of rotatable bonds is 6. The van der Waals surface area contributed by atoms with Crippen molar-refractivity contribution in [1.29, 1.82) is 0 Å². The Kier molecular flexibility index (Phi) is 4.66. The van der Waals surface area contributed by atoms with Gasteiger partial charge in [-0.3, -0.25) is 4.98 Å². The zero-order valence-corrected chi connectivity index (χ0v) is 11.3. The normalized spacial score (nSPS) is 10.2. The Bertz CT molecular complexity index is 530. The van der Waals surface area contributed by atoms with Crippen LogP contribution in [0.25, 0.3) is 11.3 Å². The van der Waals surface area contributed by atoms with Gasteiger partial charge in [-0.2, -0.15) is 0 Å². The van der Waals surface area contributed by atoms with Gasteiger partial charge in [0.15, 0.2) is 0 Å². The van der Waals surface area contributed by atoms with Crippen LogP contribution in [0.1, 0.15) is 20.3 Å². The maximum atomic E-state index is 5.44. The first-order valence-corrected chi connectivity index (χ1v) is 6.47. The van der Waals surface area contributed by atoms with E-state index in [2.05, 4.69) is 27.2 Å². The van der Waals surface area contributed by atoms with Crippen LogP contribution >= 0.6 is 0 Å². The average Bonchev–Trinajstić information content (AvgIpc) is 2.46. The minimum Gasteiger partial charge on any atom is -0.492 e. The van der Waals surface area contributed by atoms with Crippen LogP contribution in [0, 0.1) is 0 Å². The summed E-state index contributed by atoms with van der Waals surface area (Å²) in [5.74, 6) is 1.58. The Hall–Kier alpha value is -2.17. The third-order valence-corrected chi connectivity index (χ3v) is 2.54. The minimum atomic E-state index is 0.623. The van der Waals surface area contributed by atoms with Gasteiger partial charge in [0.25, 0.3) is 0 Å². The molecule has 0 radical (unpaired) electrons. The number of ether oxygens (including phenoxy) is 1. The second kappa shape index (κ2) is 6.68. The smallest absolute Gasteiger partial charge is 0.138 e. The molecule has 2 aromatic rings. The van der Waals surface area contributed by atoms with Gasteiger partial charge in [0, 0.05) is 24.4 Å². The third-order valence-electron chi connectivity index (χ3n) is 2.54. The lowest BCUT2D eigenvalue weighted by Crippen LogP contribution is -2.02. The van der Waals surface area contributed by atoms with E-state index in [0.29, 0.717) is 6.61 Å². The van der Waals surface area contributed by atoms with Crippen molar-refractivity contribution in [3.63, 3.8) is 0 Å². The van der Waals surface area contributed by atoms with Crippen LogP contribution < -0.4 is 10.1 Å². The topological polar surface area (TPSA) is 59.9 Å². The molecule has 0 aliphatic heterocycles. The van der Waals surface area contributed by atoms with Crippen molar-refractivity contribution in [2.45, 2.75) is 20.3 Å². The van der Waals surface area contributed by atoms with Crippen LogP contribution in [0.15, 0.2) is 30.9 Å². The van der Waals surface area contributed by atoms with E-state index < -0.39 is 0 Å². The number of anilines is 1. The Morgan fingerprint density at radius 3 is 2.84 bits per heavy atom. The number of hydrogen-bond donors (Lipinski definition) is 1. The second-order valence-corrected chi connectivity index (χ2v) is 4.06. The fourth-order valence-corrected chi connectivity index (χ4v) is 1.67. The van der Waals surface area contributed by atoms with Gasteiger partial charge < -0.3 is 10.1 Å². The van der Waals surface area contributed by atoms with Crippen LogP contribution in [-0.4, -0.2) is 28.1 Å². The molecule has 100 valence electrons. The molecule has 0 amide bonds. The number of nitrogens with one attached hydrogen (secondary N) is 1. The lowest BCUT2D eigenvalue weighted by atomic mass is 10.2. The fourth-order valence-electron chi connectivity index (χ4n) is 1.67. The van der Waals surface area contributed by atoms with Crippen molar-refractivity contribution in [2.24, 2.45) is 0 Å². The summed E-state index contributed by atoms with van der Waals surface area (Å²) in [6.45, 7) is 5.58. The highest BCUT2D eigenvalue weighted by Crippen LogP contribution is 2.22. The van der Waals surface area contributed by atoms with Crippen LogP contribution in [0.3, 0.4) is 0 Å². The van der Waals surface area contributed by atoms with Crippen molar-refractivity contribution < 1.29 is 4.74 Å². The van der Waals surface area contributed by atoms with Crippen LogP contribution in [0.5, 0.6) is 5.75 Å². The maximum absolute atomic E-state index is 5.44. The Morgan fingerprint density at radius 1 is 1.16 bits per heavy atom. The molecule has 19 heavy (non-hydrogen) atoms. The Balaban J connectivity index is 2.23. The number of hydrogen-bond acceptors (Lipinski definition) is 5. The highest BCUT2D eigenvalue weighted by molar-refractivity contribution is 5.62. The molecule has 0 aliphatic rings. The highest BCUT2D eigenvalue weighted by atomic mass is 16.5. The van der Waals surface area contributed by atoms with Crippen molar-refractivity contribution in [2.75, 3.05) is 18.5 Å². The maximum Gasteiger partial charge on any atom is 0.138 e. The lowest BCUT2D eigenvalue weighted by molar-refractivity contribution is 0.339. The molecule has 2 rings (SSSR count). The van der Waals surface area contributed by atoms with E-state index in [9.17, 15) is 0 Å². The minimum absolute atomic E-state index is 0.623. The second-order valence-electron chi connectivity index (χ2n) is 4.06. The molecule has 0 unspecified atom stereocenters. The van der Waals surface area contributed by atoms with Gasteiger partial charge in [-0.25, -0.2) is 9.97 Å². The first-order valence-electron chi connectivity index (χ1n) is 6.47. The van der Waals surface area contributed by atoms with E-state index in [0.717, 1.165) is 35.8 Å². The average molecular weight is 258 g/mol. The first kappa shape index (κ1) is 13.3. The van der Waals surface area contributed by atoms with E-state index in [-0.39, 0.29) is 0 Å². The van der Waals surface area contributed by atoms with Crippen molar-refractivity contribution in [1.82, 2.24) is 15.0 Å².